The van der Waals surface area contributed by atoms with Crippen LogP contribution in [0.2, 0.25) is 0 Å². The summed E-state index contributed by atoms with van der Waals surface area (Å²) in [7, 11) is 0. The van der Waals surface area contributed by atoms with Crippen molar-refractivity contribution in [2.75, 3.05) is 26.2 Å². The lowest BCUT2D eigenvalue weighted by Gasteiger charge is -2.28. The first-order valence-electron chi connectivity index (χ1n) is 9.29. The molecule has 0 aliphatic carbocycles. The van der Waals surface area contributed by atoms with Crippen molar-refractivity contribution >= 4 is 5.91 Å². The maximum atomic E-state index is 12.7. The summed E-state index contributed by atoms with van der Waals surface area (Å²) in [6, 6.07) is 14.6. The van der Waals surface area contributed by atoms with Crippen molar-refractivity contribution in [2.24, 2.45) is 0 Å². The van der Waals surface area contributed by atoms with Crippen LogP contribution in [-0.4, -0.2) is 37.0 Å². The lowest BCUT2D eigenvalue weighted by Crippen LogP contribution is -2.38. The molecular formula is C21H23F3N2O2. The molecule has 3 rings (SSSR count). The normalized spacial score (nSPS) is 16.0. The SMILES string of the molecule is O=C(COc1cccc(C(F)(F)F)c1)NCC(c1ccccc1)N1CCCC1. The Kier molecular flexibility index (Phi) is 6.57. The molecule has 150 valence electrons. The van der Waals surface area contributed by atoms with Crippen LogP contribution < -0.4 is 10.1 Å². The topological polar surface area (TPSA) is 41.6 Å². The molecule has 0 radical (unpaired) electrons. The van der Waals surface area contributed by atoms with Gasteiger partial charge in [-0.25, -0.2) is 0 Å². The maximum absolute atomic E-state index is 12.7. The van der Waals surface area contributed by atoms with E-state index >= 15 is 0 Å². The Balaban J connectivity index is 1.55. The Morgan fingerprint density at radius 3 is 2.46 bits per heavy atom. The third kappa shape index (κ3) is 5.48. The van der Waals surface area contributed by atoms with Gasteiger partial charge >= 0.3 is 6.18 Å². The van der Waals surface area contributed by atoms with Crippen molar-refractivity contribution in [3.8, 4) is 5.75 Å². The van der Waals surface area contributed by atoms with Crippen molar-refractivity contribution in [2.45, 2.75) is 25.1 Å². The number of carbonyl (C=O) groups is 1. The largest absolute Gasteiger partial charge is 0.484 e. The highest BCUT2D eigenvalue weighted by atomic mass is 19.4. The summed E-state index contributed by atoms with van der Waals surface area (Å²) in [5.74, 6) is -0.346. The number of alkyl halides is 3. The third-order valence-corrected chi connectivity index (χ3v) is 4.79. The highest BCUT2D eigenvalue weighted by Gasteiger charge is 2.30. The summed E-state index contributed by atoms with van der Waals surface area (Å²) in [6.07, 6.45) is -2.17. The molecule has 1 aliphatic heterocycles. The van der Waals surface area contributed by atoms with Crippen LogP contribution in [0.5, 0.6) is 5.75 Å². The van der Waals surface area contributed by atoms with Gasteiger partial charge in [-0.05, 0) is 49.7 Å². The maximum Gasteiger partial charge on any atom is 0.416 e. The molecule has 0 spiro atoms. The van der Waals surface area contributed by atoms with Crippen molar-refractivity contribution in [1.29, 1.82) is 0 Å². The van der Waals surface area contributed by atoms with Crippen molar-refractivity contribution in [3.63, 3.8) is 0 Å². The standard InChI is InChI=1S/C21H23F3N2O2/c22-21(23,24)17-9-6-10-18(13-17)28-15-20(27)25-14-19(26-11-4-5-12-26)16-7-2-1-3-8-16/h1-3,6-10,13,19H,4-5,11-12,14-15H2,(H,25,27). The van der Waals surface area contributed by atoms with Gasteiger partial charge in [0, 0.05) is 6.54 Å². The van der Waals surface area contributed by atoms with E-state index in [1.165, 1.54) is 12.1 Å². The molecule has 2 aromatic rings. The molecular weight excluding hydrogens is 369 g/mol. The molecule has 1 heterocycles. The lowest BCUT2D eigenvalue weighted by molar-refractivity contribution is -0.137. The number of nitrogens with zero attached hydrogens (tertiary/aromatic N) is 1. The molecule has 0 aromatic heterocycles. The molecule has 1 aliphatic rings. The number of hydrogen-bond donors (Lipinski definition) is 1. The van der Waals surface area contributed by atoms with Crippen LogP contribution in [0.25, 0.3) is 0 Å². The zero-order chi connectivity index (χ0) is 20.0. The number of rotatable bonds is 7. The monoisotopic (exact) mass is 392 g/mol. The molecule has 1 N–H and O–H groups in total. The third-order valence-electron chi connectivity index (χ3n) is 4.79. The van der Waals surface area contributed by atoms with Gasteiger partial charge < -0.3 is 10.1 Å². The molecule has 28 heavy (non-hydrogen) atoms. The van der Waals surface area contributed by atoms with Crippen LogP contribution in [0, 0.1) is 0 Å². The predicted molar refractivity (Wildman–Crippen MR) is 99.9 cm³/mol. The highest BCUT2D eigenvalue weighted by molar-refractivity contribution is 5.77. The van der Waals surface area contributed by atoms with Crippen molar-refractivity contribution < 1.29 is 22.7 Å². The Hall–Kier alpha value is -2.54. The first kappa shape index (κ1) is 20.2. The molecule has 1 unspecified atom stereocenters. The van der Waals surface area contributed by atoms with Crippen LogP contribution in [0.1, 0.15) is 30.0 Å². The van der Waals surface area contributed by atoms with Crippen molar-refractivity contribution in [1.82, 2.24) is 10.2 Å². The minimum atomic E-state index is -4.44. The van der Waals surface area contributed by atoms with Gasteiger partial charge in [0.05, 0.1) is 11.6 Å². The fourth-order valence-electron chi connectivity index (χ4n) is 3.36. The number of benzene rings is 2. The summed E-state index contributed by atoms with van der Waals surface area (Å²) in [5.41, 5.74) is 0.326. The van der Waals surface area contributed by atoms with E-state index in [1.807, 2.05) is 30.3 Å². The van der Waals surface area contributed by atoms with E-state index in [2.05, 4.69) is 10.2 Å². The van der Waals surface area contributed by atoms with Gasteiger partial charge in [-0.1, -0.05) is 36.4 Å². The molecule has 7 heteroatoms. The zero-order valence-corrected chi connectivity index (χ0v) is 15.4. The molecule has 0 saturated carbocycles. The van der Waals surface area contributed by atoms with Crippen LogP contribution in [0.3, 0.4) is 0 Å². The molecule has 4 nitrogen and oxygen atoms in total. The number of likely N-dealkylation sites (tertiary alicyclic amines) is 1. The Labute approximate surface area is 162 Å². The average molecular weight is 392 g/mol. The van der Waals surface area contributed by atoms with E-state index < -0.39 is 11.7 Å². The van der Waals surface area contributed by atoms with Crippen LogP contribution in [0.15, 0.2) is 54.6 Å². The second-order valence-corrected chi connectivity index (χ2v) is 6.79. The van der Waals surface area contributed by atoms with Crippen LogP contribution in [-0.2, 0) is 11.0 Å². The van der Waals surface area contributed by atoms with Gasteiger partial charge in [-0.3, -0.25) is 9.69 Å². The van der Waals surface area contributed by atoms with Gasteiger partial charge in [-0.15, -0.1) is 0 Å². The Morgan fingerprint density at radius 1 is 1.07 bits per heavy atom. The molecule has 0 bridgehead atoms. The zero-order valence-electron chi connectivity index (χ0n) is 15.4. The minimum absolute atomic E-state index is 0.0177. The lowest BCUT2D eigenvalue weighted by atomic mass is 10.1. The van der Waals surface area contributed by atoms with Gasteiger partial charge in [-0.2, -0.15) is 13.2 Å². The quantitative estimate of drug-likeness (QED) is 0.773. The Bertz CT molecular complexity index is 775. The van der Waals surface area contributed by atoms with Gasteiger partial charge in [0.2, 0.25) is 0 Å². The van der Waals surface area contributed by atoms with Crippen LogP contribution in [0.4, 0.5) is 13.2 Å². The number of halogens is 3. The van der Waals surface area contributed by atoms with E-state index in [0.29, 0.717) is 6.54 Å². The first-order valence-corrected chi connectivity index (χ1v) is 9.29. The summed E-state index contributed by atoms with van der Waals surface area (Å²) < 4.78 is 43.5. The first-order chi connectivity index (χ1) is 13.4. The second-order valence-electron chi connectivity index (χ2n) is 6.79. The molecule has 1 amide bonds. The summed E-state index contributed by atoms with van der Waals surface area (Å²) >= 11 is 0. The number of hydrogen-bond acceptors (Lipinski definition) is 3. The van der Waals surface area contributed by atoms with E-state index in [9.17, 15) is 18.0 Å². The average Bonchev–Trinajstić information content (AvgIpc) is 3.21. The van der Waals surface area contributed by atoms with Crippen LogP contribution >= 0.6 is 0 Å². The van der Waals surface area contributed by atoms with E-state index in [4.69, 9.17) is 4.74 Å². The number of amides is 1. The van der Waals surface area contributed by atoms with E-state index in [-0.39, 0.29) is 24.3 Å². The fourth-order valence-corrected chi connectivity index (χ4v) is 3.36. The van der Waals surface area contributed by atoms with Crippen molar-refractivity contribution in [3.05, 3.63) is 65.7 Å². The Morgan fingerprint density at radius 2 is 1.79 bits per heavy atom. The van der Waals surface area contributed by atoms with Gasteiger partial charge in [0.25, 0.3) is 5.91 Å². The number of nitrogens with one attached hydrogen (secondary N) is 1. The summed E-state index contributed by atoms with van der Waals surface area (Å²) in [5, 5.41) is 2.85. The fraction of sp³-hybridized carbons (Fsp3) is 0.381. The predicted octanol–water partition coefficient (Wildman–Crippen LogP) is 4.04. The summed E-state index contributed by atoms with van der Waals surface area (Å²) in [6.45, 7) is 2.06. The molecule has 1 fully saturated rings. The van der Waals surface area contributed by atoms with Gasteiger partial charge in [0.15, 0.2) is 6.61 Å². The number of ether oxygens (including phenoxy) is 1. The highest BCUT2D eigenvalue weighted by Crippen LogP contribution is 2.31. The molecule has 1 atom stereocenters. The van der Waals surface area contributed by atoms with E-state index in [0.717, 1.165) is 43.6 Å². The smallest absolute Gasteiger partial charge is 0.416 e. The van der Waals surface area contributed by atoms with Gasteiger partial charge in [0.1, 0.15) is 5.75 Å². The van der Waals surface area contributed by atoms with E-state index in [1.54, 1.807) is 0 Å². The molecule has 2 aromatic carbocycles. The number of carbonyl (C=O) groups excluding carboxylic acids is 1. The summed E-state index contributed by atoms with van der Waals surface area (Å²) in [4.78, 5) is 14.5. The molecule has 1 saturated heterocycles. The second kappa shape index (κ2) is 9.10. The minimum Gasteiger partial charge on any atom is -0.484 e.